The van der Waals surface area contributed by atoms with Crippen molar-refractivity contribution < 1.29 is 27.7 Å². The maximum absolute atomic E-state index is 11.7. The summed E-state index contributed by atoms with van der Waals surface area (Å²) in [6.45, 7) is 0.657. The minimum absolute atomic E-state index is 0.00804. The number of carbonyl (C=O) groups is 2. The molecule has 0 radical (unpaired) electrons. The van der Waals surface area contributed by atoms with E-state index in [1.165, 1.54) is 13.0 Å². The molecule has 1 unspecified atom stereocenters. The second-order valence-electron chi connectivity index (χ2n) is 3.96. The summed E-state index contributed by atoms with van der Waals surface area (Å²) in [5.41, 5.74) is 0. The van der Waals surface area contributed by atoms with Crippen LogP contribution in [0.5, 0.6) is 5.75 Å². The van der Waals surface area contributed by atoms with Crippen LogP contribution in [0.1, 0.15) is 15.1 Å². The molecule has 0 fully saturated rings. The van der Waals surface area contributed by atoms with E-state index in [1.54, 1.807) is 0 Å². The van der Waals surface area contributed by atoms with Gasteiger partial charge in [0, 0.05) is 0 Å². The Balaban J connectivity index is 2.39. The van der Waals surface area contributed by atoms with E-state index in [4.69, 9.17) is 18.1 Å². The van der Waals surface area contributed by atoms with Crippen molar-refractivity contribution in [1.29, 1.82) is 0 Å². The number of amides is 1. The fourth-order valence-corrected chi connectivity index (χ4v) is 1.39. The monoisotopic (exact) mass is 279 g/mol. The highest BCUT2D eigenvalue weighted by Gasteiger charge is 2.14. The van der Waals surface area contributed by atoms with E-state index in [9.17, 15) is 9.59 Å². The van der Waals surface area contributed by atoms with Crippen molar-refractivity contribution in [3.63, 3.8) is 0 Å². The average Bonchev–Trinajstić information content (AvgIpc) is 2.58. The molecule has 1 atom stereocenters. The molecule has 0 aliphatic carbocycles. The van der Waals surface area contributed by atoms with E-state index in [0.29, 0.717) is 0 Å². The van der Waals surface area contributed by atoms with Gasteiger partial charge in [-0.1, -0.05) is 30.2 Å². The number of hydrogen-bond donors (Lipinski definition) is 2. The first-order valence-corrected chi connectivity index (χ1v) is 5.71. The molecule has 0 heterocycles. The summed E-state index contributed by atoms with van der Waals surface area (Å²) < 4.78 is 52.2. The summed E-state index contributed by atoms with van der Waals surface area (Å²) in [6, 6.07) is -2.67. The zero-order valence-electron chi connectivity index (χ0n) is 16.5. The number of ether oxygens (including phenoxy) is 1. The largest absolute Gasteiger partial charge is 0.484 e. The smallest absolute Gasteiger partial charge is 0.325 e. The lowest BCUT2D eigenvalue weighted by Gasteiger charge is -2.10. The lowest BCUT2D eigenvalue weighted by molar-refractivity contribution is -0.141. The van der Waals surface area contributed by atoms with Gasteiger partial charge >= 0.3 is 5.97 Å². The molecule has 0 spiro atoms. The Hall–Kier alpha value is -2.56. The quantitative estimate of drug-likeness (QED) is 0.875. The normalized spacial score (nSPS) is 16.1. The molecule has 0 aliphatic rings. The van der Waals surface area contributed by atoms with E-state index in [0.717, 1.165) is 0 Å². The van der Waals surface area contributed by atoms with Crippen LogP contribution in [-0.2, 0) is 9.59 Å². The van der Waals surface area contributed by atoms with Crippen molar-refractivity contribution >= 4 is 22.6 Å². The molecule has 2 N–H and O–H groups in total. The van der Waals surface area contributed by atoms with E-state index in [2.05, 4.69) is 5.32 Å². The van der Waals surface area contributed by atoms with Gasteiger partial charge in [-0.05, 0) is 29.8 Å². The van der Waals surface area contributed by atoms with Crippen LogP contribution in [0.2, 0.25) is 0 Å². The van der Waals surface area contributed by atoms with Crippen LogP contribution >= 0.6 is 0 Å². The third kappa shape index (κ3) is 3.47. The second kappa shape index (κ2) is 6.06. The van der Waals surface area contributed by atoms with Gasteiger partial charge in [0.25, 0.3) is 5.91 Å². The zero-order valence-corrected chi connectivity index (χ0v) is 10.5. The first kappa shape index (κ1) is 7.89. The number of carboxylic acid groups (broad SMARTS) is 1. The lowest BCUT2D eigenvalue weighted by Crippen LogP contribution is -2.40. The minimum Gasteiger partial charge on any atom is -0.484 e. The average molecular weight is 279 g/mol. The van der Waals surface area contributed by atoms with Crippen LogP contribution in [0.25, 0.3) is 10.8 Å². The van der Waals surface area contributed by atoms with Gasteiger partial charge in [0.2, 0.25) is 0 Å². The van der Waals surface area contributed by atoms with E-state index in [-0.39, 0.29) is 22.6 Å². The van der Waals surface area contributed by atoms with Crippen molar-refractivity contribution in [2.45, 2.75) is 13.0 Å². The Morgan fingerprint density at radius 3 is 2.70 bits per heavy atom. The molecule has 2 aromatic rings. The molecule has 0 aromatic heterocycles. The fourth-order valence-electron chi connectivity index (χ4n) is 1.39. The molecular weight excluding hydrogens is 258 g/mol. The molecule has 2 aromatic carbocycles. The third-order valence-electron chi connectivity index (χ3n) is 2.41. The lowest BCUT2D eigenvalue weighted by atomic mass is 10.1. The summed E-state index contributed by atoms with van der Waals surface area (Å²) in [5.74, 6) is -2.19. The maximum atomic E-state index is 11.7. The van der Waals surface area contributed by atoms with E-state index < -0.39 is 54.7 Å². The molecular formula is C15H15NO4. The first-order chi connectivity index (χ1) is 12.1. The van der Waals surface area contributed by atoms with Crippen molar-refractivity contribution in [2.75, 3.05) is 6.61 Å². The Labute approximate surface area is 124 Å². The predicted molar refractivity (Wildman–Crippen MR) is 74.7 cm³/mol. The molecule has 2 rings (SSSR count). The highest BCUT2D eigenvalue weighted by molar-refractivity contribution is 5.85. The molecule has 5 nitrogen and oxygen atoms in total. The number of rotatable bonds is 5. The molecule has 0 saturated heterocycles. The predicted octanol–water partition coefficient (Wildman–Crippen LogP) is 1.81. The van der Waals surface area contributed by atoms with Crippen LogP contribution in [0.4, 0.5) is 0 Å². The highest BCUT2D eigenvalue weighted by atomic mass is 16.5. The highest BCUT2D eigenvalue weighted by Crippen LogP contribution is 2.20. The molecule has 0 aliphatic heterocycles. The number of carboxylic acids is 1. The summed E-state index contributed by atoms with van der Waals surface area (Å²) in [5, 5.41) is 10.8. The van der Waals surface area contributed by atoms with Crippen LogP contribution in [0.3, 0.4) is 0 Å². The molecule has 104 valence electrons. The fraction of sp³-hybridized carbons (Fsp3) is 0.200. The van der Waals surface area contributed by atoms with Crippen molar-refractivity contribution in [2.24, 2.45) is 0 Å². The Kier molecular flexibility index (Phi) is 2.39. The molecule has 20 heavy (non-hydrogen) atoms. The van der Waals surface area contributed by atoms with Gasteiger partial charge in [-0.15, -0.1) is 0 Å². The number of benzene rings is 2. The Morgan fingerprint density at radius 2 is 2.00 bits per heavy atom. The third-order valence-corrected chi connectivity index (χ3v) is 2.41. The standard InChI is InChI=1S/C15H15NO4/c1-10(15(18)19)16-14(17)9-20-13-7-6-11-4-2-3-5-12(11)8-13/h2-8,10H,9H2,1H3,(H,16,17)(H,18,19)/i2D,3D,4D,5D,6D,7D. The van der Waals surface area contributed by atoms with E-state index >= 15 is 0 Å². The summed E-state index contributed by atoms with van der Waals surface area (Å²) in [6.07, 6.45) is 0. The zero-order chi connectivity index (χ0) is 19.8. The number of nitrogens with one attached hydrogen (secondary N) is 1. The van der Waals surface area contributed by atoms with Gasteiger partial charge in [-0.25, -0.2) is 0 Å². The molecule has 0 bridgehead atoms. The van der Waals surface area contributed by atoms with Gasteiger partial charge in [0.15, 0.2) is 6.61 Å². The first-order valence-electron chi connectivity index (χ1n) is 8.71. The van der Waals surface area contributed by atoms with Crippen LogP contribution in [-0.4, -0.2) is 29.6 Å². The maximum Gasteiger partial charge on any atom is 0.325 e. The van der Waals surface area contributed by atoms with Crippen LogP contribution in [0.15, 0.2) is 42.3 Å². The van der Waals surface area contributed by atoms with Gasteiger partial charge in [0.05, 0.1) is 8.22 Å². The number of fused-ring (bicyclic) bond motifs is 1. The van der Waals surface area contributed by atoms with Crippen LogP contribution in [0, 0.1) is 0 Å². The number of carbonyl (C=O) groups excluding carboxylic acids is 1. The van der Waals surface area contributed by atoms with E-state index in [1.807, 2.05) is 0 Å². The Bertz CT molecular complexity index is 917. The van der Waals surface area contributed by atoms with Crippen molar-refractivity contribution in [3.05, 3.63) is 42.3 Å². The van der Waals surface area contributed by atoms with Gasteiger partial charge < -0.3 is 15.2 Å². The molecule has 5 heteroatoms. The van der Waals surface area contributed by atoms with Gasteiger partial charge in [0.1, 0.15) is 11.8 Å². The van der Waals surface area contributed by atoms with Gasteiger partial charge in [-0.3, -0.25) is 9.59 Å². The van der Waals surface area contributed by atoms with Gasteiger partial charge in [-0.2, -0.15) is 0 Å². The van der Waals surface area contributed by atoms with Crippen molar-refractivity contribution in [3.8, 4) is 5.75 Å². The second-order valence-corrected chi connectivity index (χ2v) is 3.96. The van der Waals surface area contributed by atoms with Crippen LogP contribution < -0.4 is 10.1 Å². The Morgan fingerprint density at radius 1 is 1.30 bits per heavy atom. The minimum atomic E-state index is -1.23. The summed E-state index contributed by atoms with van der Waals surface area (Å²) in [4.78, 5) is 22.4. The molecule has 1 amide bonds. The summed E-state index contributed by atoms with van der Waals surface area (Å²) >= 11 is 0. The SMILES string of the molecule is [2H]c1c([2H])c([2H])c2c([2H])c([2H])c(OCC(=O)NC(C)C(=O)O)cc2c1[2H]. The summed E-state index contributed by atoms with van der Waals surface area (Å²) in [7, 11) is 0. The molecule has 0 saturated carbocycles. The number of aliphatic carboxylic acids is 1. The van der Waals surface area contributed by atoms with Crippen molar-refractivity contribution in [1.82, 2.24) is 5.32 Å². The number of hydrogen-bond acceptors (Lipinski definition) is 3. The topological polar surface area (TPSA) is 75.6 Å².